The number of ketones is 1. The first-order chi connectivity index (χ1) is 15.2. The predicted molar refractivity (Wildman–Crippen MR) is 122 cm³/mol. The van der Waals surface area contributed by atoms with Crippen molar-refractivity contribution in [3.05, 3.63) is 71.4 Å². The zero-order valence-corrected chi connectivity index (χ0v) is 17.7. The van der Waals surface area contributed by atoms with Crippen LogP contribution in [0.5, 0.6) is 11.5 Å². The van der Waals surface area contributed by atoms with Crippen molar-refractivity contribution in [3.8, 4) is 11.5 Å². The first-order valence-electron chi connectivity index (χ1n) is 9.54. The minimum absolute atomic E-state index is 0. The Bertz CT molecular complexity index is 1090. The molecule has 0 saturated carbocycles. The number of nitrogens with one attached hydrogen (secondary N) is 2. The molecule has 0 bridgehead atoms. The molecule has 1 unspecified atom stereocenters. The molecule has 1 aliphatic rings. The molecule has 0 aliphatic carbocycles. The van der Waals surface area contributed by atoms with Crippen molar-refractivity contribution in [2.45, 2.75) is 18.5 Å². The molecule has 11 heteroatoms. The Morgan fingerprint density at radius 3 is 2.61 bits per heavy atom. The molecule has 1 heterocycles. The molecule has 33 heavy (non-hydrogen) atoms. The van der Waals surface area contributed by atoms with Crippen LogP contribution in [-0.4, -0.2) is 76.3 Å². The van der Waals surface area contributed by atoms with Crippen molar-refractivity contribution in [3.63, 3.8) is 0 Å². The summed E-state index contributed by atoms with van der Waals surface area (Å²) in [7, 11) is 1.45. The molecule has 0 spiro atoms. The fourth-order valence-corrected chi connectivity index (χ4v) is 3.19. The number of likely N-dealkylation sites (N-methyl/N-ethyl adjacent to an activating group) is 1. The van der Waals surface area contributed by atoms with Gasteiger partial charge in [-0.25, -0.2) is 4.79 Å². The number of urea groups is 1. The van der Waals surface area contributed by atoms with E-state index in [2.05, 4.69) is 10.6 Å². The van der Waals surface area contributed by atoms with E-state index in [1.807, 2.05) is 0 Å². The molecule has 0 radical (unpaired) electrons. The van der Waals surface area contributed by atoms with Gasteiger partial charge in [-0.1, -0.05) is 35.9 Å². The van der Waals surface area contributed by atoms with E-state index in [0.717, 1.165) is 0 Å². The molecular weight excluding hydrogens is 461 g/mol. The summed E-state index contributed by atoms with van der Waals surface area (Å²) in [4.78, 5) is 49.1. The van der Waals surface area contributed by atoms with Gasteiger partial charge in [0.15, 0.2) is 11.8 Å². The number of carbonyl (C=O) groups excluding carboxylic acids is 3. The van der Waals surface area contributed by atoms with E-state index >= 15 is 0 Å². The molecular formula is C22H21ClN3NaO6. The van der Waals surface area contributed by atoms with Gasteiger partial charge in [-0.2, -0.15) is 0 Å². The SMILES string of the molecule is CN1C=CC(=O)C(NC(=O)N[C@@H](CC(=O)O)c2cccc(Oc3ccccc3Cl)c2)C1=O.[NaH]. The van der Waals surface area contributed by atoms with Crippen LogP contribution in [0.25, 0.3) is 0 Å². The number of hydrogen-bond acceptors (Lipinski definition) is 5. The first-order valence-corrected chi connectivity index (χ1v) is 9.92. The zero-order chi connectivity index (χ0) is 23.3. The number of benzene rings is 2. The Morgan fingerprint density at radius 2 is 1.91 bits per heavy atom. The minimum atomic E-state index is -1.38. The molecule has 2 atom stereocenters. The van der Waals surface area contributed by atoms with E-state index in [-0.39, 0.29) is 29.6 Å². The second-order valence-corrected chi connectivity index (χ2v) is 7.38. The molecule has 168 valence electrons. The van der Waals surface area contributed by atoms with Crippen LogP contribution in [0.1, 0.15) is 18.0 Å². The van der Waals surface area contributed by atoms with Gasteiger partial charge in [0, 0.05) is 19.3 Å². The van der Waals surface area contributed by atoms with E-state index in [4.69, 9.17) is 16.3 Å². The Labute approximate surface area is 217 Å². The number of carboxylic acids is 1. The molecule has 2 aromatic rings. The fourth-order valence-electron chi connectivity index (χ4n) is 3.02. The molecule has 2 aromatic carbocycles. The van der Waals surface area contributed by atoms with Gasteiger partial charge in [-0.05, 0) is 29.8 Å². The summed E-state index contributed by atoms with van der Waals surface area (Å²) in [6.07, 6.45) is 2.05. The Hall–Kier alpha value is -2.85. The van der Waals surface area contributed by atoms with Crippen molar-refractivity contribution in [1.82, 2.24) is 15.5 Å². The summed E-state index contributed by atoms with van der Waals surface area (Å²) in [6.45, 7) is 0. The average molecular weight is 482 g/mol. The summed E-state index contributed by atoms with van der Waals surface area (Å²) < 4.78 is 5.76. The summed E-state index contributed by atoms with van der Waals surface area (Å²) in [6, 6.07) is 10.2. The standard InChI is InChI=1S/C22H20ClN3O6.Na.H/c1-26-10-9-17(27)20(21(26)30)25-22(31)24-16(12-19(28)29)13-5-4-6-14(11-13)32-18-8-3-2-7-15(18)23;;/h2-11,16,20H,12H2,1H3,(H,28,29)(H2,24,25,31);;/t16-,20?;;/m0../s1. The second kappa shape index (κ2) is 11.9. The molecule has 0 saturated heterocycles. The van der Waals surface area contributed by atoms with Gasteiger partial charge in [0.25, 0.3) is 5.91 Å². The van der Waals surface area contributed by atoms with Gasteiger partial charge >= 0.3 is 41.6 Å². The van der Waals surface area contributed by atoms with Crippen molar-refractivity contribution in [2.24, 2.45) is 0 Å². The number of para-hydroxylation sites is 1. The van der Waals surface area contributed by atoms with E-state index in [9.17, 15) is 24.3 Å². The molecule has 3 rings (SSSR count). The number of halogens is 1. The van der Waals surface area contributed by atoms with E-state index in [0.29, 0.717) is 22.1 Å². The number of nitrogens with zero attached hydrogens (tertiary/aromatic N) is 1. The average Bonchev–Trinajstić information content (AvgIpc) is 2.75. The molecule has 1 aliphatic heterocycles. The third kappa shape index (κ3) is 7.06. The monoisotopic (exact) mass is 481 g/mol. The Kier molecular flexibility index (Phi) is 9.48. The number of rotatable bonds is 7. The van der Waals surface area contributed by atoms with Crippen molar-refractivity contribution < 1.29 is 29.0 Å². The number of ether oxygens (including phenoxy) is 1. The number of carboxylic acid groups (broad SMARTS) is 1. The van der Waals surface area contributed by atoms with Gasteiger partial charge in [0.2, 0.25) is 0 Å². The van der Waals surface area contributed by atoms with Crippen molar-refractivity contribution in [1.29, 1.82) is 0 Å². The number of aliphatic carboxylic acids is 1. The van der Waals surface area contributed by atoms with Crippen LogP contribution in [0.2, 0.25) is 5.02 Å². The quantitative estimate of drug-likeness (QED) is 0.411. The van der Waals surface area contributed by atoms with Gasteiger partial charge in [-0.3, -0.25) is 14.4 Å². The Morgan fingerprint density at radius 1 is 1.18 bits per heavy atom. The molecule has 0 fully saturated rings. The van der Waals surface area contributed by atoms with Crippen LogP contribution >= 0.6 is 11.6 Å². The molecule has 9 nitrogen and oxygen atoms in total. The summed E-state index contributed by atoms with van der Waals surface area (Å²) in [5, 5.41) is 14.5. The normalized spacial score (nSPS) is 15.9. The molecule has 3 N–H and O–H groups in total. The van der Waals surface area contributed by atoms with Gasteiger partial charge < -0.3 is 25.4 Å². The number of hydrogen-bond donors (Lipinski definition) is 3. The predicted octanol–water partition coefficient (Wildman–Crippen LogP) is 2.22. The van der Waals surface area contributed by atoms with Crippen molar-refractivity contribution >= 4 is 64.8 Å². The number of amides is 3. The van der Waals surface area contributed by atoms with Crippen LogP contribution in [-0.2, 0) is 14.4 Å². The van der Waals surface area contributed by atoms with E-state index in [1.165, 1.54) is 24.2 Å². The molecule has 3 amide bonds. The van der Waals surface area contributed by atoms with Crippen LogP contribution in [0.4, 0.5) is 4.79 Å². The maximum atomic E-state index is 12.5. The third-order valence-corrected chi connectivity index (χ3v) is 4.94. The number of carbonyl (C=O) groups is 4. The van der Waals surface area contributed by atoms with Gasteiger partial charge in [-0.15, -0.1) is 0 Å². The molecule has 0 aromatic heterocycles. The third-order valence-electron chi connectivity index (χ3n) is 4.63. The Balaban J connectivity index is 0.00000385. The topological polar surface area (TPSA) is 125 Å². The summed E-state index contributed by atoms with van der Waals surface area (Å²) >= 11 is 6.11. The second-order valence-electron chi connectivity index (χ2n) is 6.97. The maximum absolute atomic E-state index is 12.5. The van der Waals surface area contributed by atoms with Crippen LogP contribution in [0.15, 0.2) is 60.8 Å². The summed E-state index contributed by atoms with van der Waals surface area (Å²) in [5.74, 6) is -1.53. The van der Waals surface area contributed by atoms with E-state index in [1.54, 1.807) is 48.5 Å². The van der Waals surface area contributed by atoms with Gasteiger partial charge in [0.05, 0.1) is 17.5 Å². The summed E-state index contributed by atoms with van der Waals surface area (Å²) in [5.41, 5.74) is 0.449. The van der Waals surface area contributed by atoms with Crippen LogP contribution in [0.3, 0.4) is 0 Å². The van der Waals surface area contributed by atoms with Crippen LogP contribution < -0.4 is 15.4 Å². The first kappa shape index (κ1) is 26.4. The zero-order valence-electron chi connectivity index (χ0n) is 16.9. The van der Waals surface area contributed by atoms with Crippen molar-refractivity contribution in [2.75, 3.05) is 7.05 Å². The van der Waals surface area contributed by atoms with E-state index < -0.39 is 42.2 Å². The van der Waals surface area contributed by atoms with Crippen LogP contribution in [0, 0.1) is 0 Å². The van der Waals surface area contributed by atoms with Gasteiger partial charge in [0.1, 0.15) is 11.5 Å². The fraction of sp³-hybridized carbons (Fsp3) is 0.182.